The van der Waals surface area contributed by atoms with Gasteiger partial charge in [0, 0.05) is 30.5 Å². The Morgan fingerprint density at radius 3 is 2.79 bits per heavy atom. The quantitative estimate of drug-likeness (QED) is 0.760. The van der Waals surface area contributed by atoms with Gasteiger partial charge in [-0.15, -0.1) is 0 Å². The molecule has 1 aliphatic heterocycles. The molecule has 1 aromatic carbocycles. The van der Waals surface area contributed by atoms with Gasteiger partial charge in [0.05, 0.1) is 16.8 Å². The van der Waals surface area contributed by atoms with E-state index in [1.54, 1.807) is 35.6 Å². The molecule has 2 aromatic heterocycles. The van der Waals surface area contributed by atoms with E-state index in [9.17, 15) is 9.59 Å². The molecule has 1 saturated heterocycles. The number of aryl methyl sites for hydroxylation is 1. The van der Waals surface area contributed by atoms with Gasteiger partial charge >= 0.3 is 0 Å². The maximum absolute atomic E-state index is 13.1. The number of likely N-dealkylation sites (tertiary alicyclic amines) is 1. The number of fused-ring (bicyclic) bond motifs is 1. The minimum atomic E-state index is -0.491. The fourth-order valence-corrected chi connectivity index (χ4v) is 3.74. The van der Waals surface area contributed by atoms with Gasteiger partial charge in [0.2, 0.25) is 5.91 Å². The fourth-order valence-electron chi connectivity index (χ4n) is 3.74. The molecule has 0 saturated carbocycles. The monoisotopic (exact) mass is 374 g/mol. The van der Waals surface area contributed by atoms with Crippen LogP contribution in [0, 0.1) is 6.92 Å². The highest BCUT2D eigenvalue weighted by Gasteiger charge is 2.33. The third kappa shape index (κ3) is 3.45. The smallest absolute Gasteiger partial charge is 0.256 e. The number of anilines is 1. The van der Waals surface area contributed by atoms with Crippen LogP contribution in [-0.2, 0) is 4.79 Å². The number of rotatable bonds is 3. The zero-order valence-electron chi connectivity index (χ0n) is 15.8. The molecule has 0 spiro atoms. The Kier molecular flexibility index (Phi) is 5.02. The standard InChI is InChI=1S/C22H22N4O2/c1-15-9-10-18(17-7-5-12-24-20(15)17)25-21(27)19-8-2-3-13-26(19)22(28)16-6-4-11-23-14-16/h4-7,9-12,14,19H,2-3,8,13H2,1H3,(H,25,27). The summed E-state index contributed by atoms with van der Waals surface area (Å²) in [6.07, 6.45) is 7.40. The highest BCUT2D eigenvalue weighted by molar-refractivity contribution is 6.05. The summed E-state index contributed by atoms with van der Waals surface area (Å²) in [7, 11) is 0. The van der Waals surface area contributed by atoms with E-state index < -0.39 is 6.04 Å². The van der Waals surface area contributed by atoms with E-state index in [1.165, 1.54) is 0 Å². The Labute approximate surface area is 163 Å². The van der Waals surface area contributed by atoms with Crippen LogP contribution < -0.4 is 5.32 Å². The number of hydrogen-bond donors (Lipinski definition) is 1. The summed E-state index contributed by atoms with van der Waals surface area (Å²) >= 11 is 0. The third-order valence-electron chi connectivity index (χ3n) is 5.20. The predicted molar refractivity (Wildman–Crippen MR) is 108 cm³/mol. The van der Waals surface area contributed by atoms with Crippen molar-refractivity contribution in [3.05, 3.63) is 66.1 Å². The molecule has 4 rings (SSSR count). The number of pyridine rings is 2. The van der Waals surface area contributed by atoms with Crippen LogP contribution in [0.1, 0.15) is 35.2 Å². The molecule has 1 aliphatic rings. The second-order valence-electron chi connectivity index (χ2n) is 7.07. The van der Waals surface area contributed by atoms with E-state index >= 15 is 0 Å². The van der Waals surface area contributed by atoms with Crippen molar-refractivity contribution in [2.75, 3.05) is 11.9 Å². The van der Waals surface area contributed by atoms with Crippen molar-refractivity contribution in [3.63, 3.8) is 0 Å². The maximum atomic E-state index is 13.1. The van der Waals surface area contributed by atoms with Gasteiger partial charge in [0.25, 0.3) is 5.91 Å². The molecule has 1 fully saturated rings. The summed E-state index contributed by atoms with van der Waals surface area (Å²) in [5, 5.41) is 3.93. The molecule has 3 heterocycles. The molecule has 1 atom stereocenters. The Hall–Kier alpha value is -3.28. The van der Waals surface area contributed by atoms with Crippen LogP contribution in [0.25, 0.3) is 10.9 Å². The normalized spacial score (nSPS) is 16.8. The second-order valence-corrected chi connectivity index (χ2v) is 7.07. The molecule has 28 heavy (non-hydrogen) atoms. The van der Waals surface area contributed by atoms with Crippen molar-refractivity contribution in [1.82, 2.24) is 14.9 Å². The lowest BCUT2D eigenvalue weighted by atomic mass is 10.00. The predicted octanol–water partition coefficient (Wildman–Crippen LogP) is 3.57. The Balaban J connectivity index is 1.60. The van der Waals surface area contributed by atoms with Crippen LogP contribution in [0.15, 0.2) is 55.0 Å². The number of carbonyl (C=O) groups is 2. The van der Waals surface area contributed by atoms with Crippen molar-refractivity contribution in [2.24, 2.45) is 0 Å². The first-order valence-corrected chi connectivity index (χ1v) is 9.51. The molecule has 0 aliphatic carbocycles. The first-order chi connectivity index (χ1) is 13.6. The van der Waals surface area contributed by atoms with E-state index in [-0.39, 0.29) is 11.8 Å². The topological polar surface area (TPSA) is 75.2 Å². The number of amides is 2. The van der Waals surface area contributed by atoms with Crippen molar-refractivity contribution in [1.29, 1.82) is 0 Å². The molecule has 6 heteroatoms. The van der Waals surface area contributed by atoms with Gasteiger partial charge in [0.15, 0.2) is 0 Å². The minimum Gasteiger partial charge on any atom is -0.327 e. The first-order valence-electron chi connectivity index (χ1n) is 9.51. The summed E-state index contributed by atoms with van der Waals surface area (Å²) < 4.78 is 0. The van der Waals surface area contributed by atoms with Crippen molar-refractivity contribution in [3.8, 4) is 0 Å². The lowest BCUT2D eigenvalue weighted by molar-refractivity contribution is -0.121. The van der Waals surface area contributed by atoms with Crippen molar-refractivity contribution >= 4 is 28.4 Å². The molecular formula is C22H22N4O2. The summed E-state index contributed by atoms with van der Waals surface area (Å²) in [4.78, 5) is 36.1. The van der Waals surface area contributed by atoms with E-state index in [0.717, 1.165) is 35.0 Å². The molecule has 3 aromatic rings. The van der Waals surface area contributed by atoms with Crippen LogP contribution in [0.3, 0.4) is 0 Å². The number of nitrogens with zero attached hydrogens (tertiary/aromatic N) is 3. The fraction of sp³-hybridized carbons (Fsp3) is 0.273. The number of hydrogen-bond acceptors (Lipinski definition) is 4. The van der Waals surface area contributed by atoms with E-state index in [2.05, 4.69) is 15.3 Å². The molecule has 1 unspecified atom stereocenters. The number of piperidine rings is 1. The average Bonchev–Trinajstić information content (AvgIpc) is 2.76. The summed E-state index contributed by atoms with van der Waals surface area (Å²) in [6, 6.07) is 10.6. The lowest BCUT2D eigenvalue weighted by Gasteiger charge is -2.34. The molecule has 2 amide bonds. The number of carbonyl (C=O) groups excluding carboxylic acids is 2. The summed E-state index contributed by atoms with van der Waals surface area (Å²) in [6.45, 7) is 2.57. The number of benzene rings is 1. The highest BCUT2D eigenvalue weighted by atomic mass is 16.2. The van der Waals surface area contributed by atoms with Gasteiger partial charge in [-0.05, 0) is 62.1 Å². The zero-order valence-corrected chi connectivity index (χ0v) is 15.8. The molecule has 0 radical (unpaired) electrons. The van der Waals surface area contributed by atoms with E-state index in [1.807, 2.05) is 31.2 Å². The summed E-state index contributed by atoms with van der Waals surface area (Å²) in [5.41, 5.74) is 3.15. The van der Waals surface area contributed by atoms with Gasteiger partial charge in [-0.2, -0.15) is 0 Å². The molecule has 1 N–H and O–H groups in total. The highest BCUT2D eigenvalue weighted by Crippen LogP contribution is 2.26. The van der Waals surface area contributed by atoms with Crippen LogP contribution >= 0.6 is 0 Å². The number of nitrogens with one attached hydrogen (secondary N) is 1. The van der Waals surface area contributed by atoms with Crippen LogP contribution in [0.2, 0.25) is 0 Å². The Morgan fingerprint density at radius 1 is 1.11 bits per heavy atom. The van der Waals surface area contributed by atoms with Crippen LogP contribution in [0.4, 0.5) is 5.69 Å². The lowest BCUT2D eigenvalue weighted by Crippen LogP contribution is -2.50. The van der Waals surface area contributed by atoms with Crippen LogP contribution in [0.5, 0.6) is 0 Å². The molecule has 0 bridgehead atoms. The van der Waals surface area contributed by atoms with Gasteiger partial charge in [-0.25, -0.2) is 0 Å². The zero-order chi connectivity index (χ0) is 19.5. The van der Waals surface area contributed by atoms with Crippen molar-refractivity contribution in [2.45, 2.75) is 32.2 Å². The third-order valence-corrected chi connectivity index (χ3v) is 5.20. The van der Waals surface area contributed by atoms with Crippen LogP contribution in [-0.4, -0.2) is 39.3 Å². The maximum Gasteiger partial charge on any atom is 0.256 e. The minimum absolute atomic E-state index is 0.150. The summed E-state index contributed by atoms with van der Waals surface area (Å²) in [5.74, 6) is -0.311. The van der Waals surface area contributed by atoms with E-state index in [4.69, 9.17) is 0 Å². The van der Waals surface area contributed by atoms with Gasteiger partial charge < -0.3 is 10.2 Å². The van der Waals surface area contributed by atoms with Crippen molar-refractivity contribution < 1.29 is 9.59 Å². The molecule has 6 nitrogen and oxygen atoms in total. The average molecular weight is 374 g/mol. The second kappa shape index (κ2) is 7.76. The Morgan fingerprint density at radius 2 is 1.96 bits per heavy atom. The van der Waals surface area contributed by atoms with Gasteiger partial charge in [-0.1, -0.05) is 6.07 Å². The number of aromatic nitrogens is 2. The molecular weight excluding hydrogens is 352 g/mol. The van der Waals surface area contributed by atoms with E-state index in [0.29, 0.717) is 18.5 Å². The van der Waals surface area contributed by atoms with Gasteiger partial charge in [0.1, 0.15) is 6.04 Å². The SMILES string of the molecule is Cc1ccc(NC(=O)C2CCCCN2C(=O)c2cccnc2)c2cccnc12. The Bertz CT molecular complexity index is 1020. The molecule has 142 valence electrons. The largest absolute Gasteiger partial charge is 0.327 e. The first kappa shape index (κ1) is 18.1. The van der Waals surface area contributed by atoms with Gasteiger partial charge in [-0.3, -0.25) is 19.6 Å².